The fraction of sp³-hybridized carbons (Fsp3) is 0.250. The zero-order valence-electron chi connectivity index (χ0n) is 23.7. The van der Waals surface area contributed by atoms with E-state index in [1.54, 1.807) is 57.2 Å². The van der Waals surface area contributed by atoms with Crippen LogP contribution in [0.5, 0.6) is 5.75 Å². The van der Waals surface area contributed by atoms with Gasteiger partial charge in [0.1, 0.15) is 17.3 Å². The van der Waals surface area contributed by atoms with Crippen LogP contribution in [0.25, 0.3) is 17.4 Å². The van der Waals surface area contributed by atoms with Crippen molar-refractivity contribution in [2.45, 2.75) is 33.7 Å². The number of furan rings is 1. The number of esters is 2. The summed E-state index contributed by atoms with van der Waals surface area (Å²) in [5.41, 5.74) is 2.33. The van der Waals surface area contributed by atoms with Crippen LogP contribution >= 0.6 is 11.3 Å². The van der Waals surface area contributed by atoms with Crippen LogP contribution in [0.15, 0.2) is 86.1 Å². The molecule has 4 aromatic rings. The fourth-order valence-corrected chi connectivity index (χ4v) is 5.78. The van der Waals surface area contributed by atoms with Gasteiger partial charge in [-0.15, -0.1) is 0 Å². The highest BCUT2D eigenvalue weighted by molar-refractivity contribution is 7.07. The lowest BCUT2D eigenvalue weighted by Crippen LogP contribution is -2.39. The summed E-state index contributed by atoms with van der Waals surface area (Å²) in [6, 6.07) is 17.1. The summed E-state index contributed by atoms with van der Waals surface area (Å²) in [7, 11) is 0. The lowest BCUT2D eigenvalue weighted by molar-refractivity contribution is -0.139. The maximum absolute atomic E-state index is 13.9. The molecule has 9 nitrogen and oxygen atoms in total. The topological polar surface area (TPSA) is 109 Å². The van der Waals surface area contributed by atoms with E-state index in [-0.39, 0.29) is 18.8 Å². The third-order valence-corrected chi connectivity index (χ3v) is 7.57. The molecule has 0 aliphatic carbocycles. The first-order valence-electron chi connectivity index (χ1n) is 13.6. The average Bonchev–Trinajstić information content (AvgIpc) is 3.57. The fourth-order valence-electron chi connectivity index (χ4n) is 4.75. The molecule has 10 heteroatoms. The van der Waals surface area contributed by atoms with E-state index in [9.17, 15) is 14.4 Å². The van der Waals surface area contributed by atoms with Crippen LogP contribution in [0.3, 0.4) is 0 Å². The monoisotopic (exact) mass is 586 g/mol. The Kier molecular flexibility index (Phi) is 8.53. The zero-order chi connectivity index (χ0) is 29.8. The molecule has 0 spiro atoms. The Morgan fingerprint density at radius 3 is 2.43 bits per heavy atom. The van der Waals surface area contributed by atoms with Crippen LogP contribution in [0.1, 0.15) is 55.4 Å². The first-order valence-corrected chi connectivity index (χ1v) is 14.5. The third kappa shape index (κ3) is 5.71. The van der Waals surface area contributed by atoms with E-state index in [0.717, 1.165) is 5.56 Å². The molecular formula is C32H30N2O7S. The summed E-state index contributed by atoms with van der Waals surface area (Å²) in [6.07, 6.45) is 1.65. The van der Waals surface area contributed by atoms with E-state index in [0.29, 0.717) is 55.6 Å². The first-order chi connectivity index (χ1) is 20.3. The molecule has 2 aromatic carbocycles. The predicted octanol–water partition coefficient (Wildman–Crippen LogP) is 4.63. The molecule has 1 atom stereocenters. The van der Waals surface area contributed by atoms with E-state index in [1.165, 1.54) is 15.9 Å². The number of carbonyl (C=O) groups excluding carboxylic acids is 2. The van der Waals surface area contributed by atoms with E-state index >= 15 is 0 Å². The number of hydrogen-bond acceptors (Lipinski definition) is 9. The van der Waals surface area contributed by atoms with E-state index < -0.39 is 18.0 Å². The Hall–Kier alpha value is -4.70. The second-order valence-electron chi connectivity index (χ2n) is 9.31. The minimum atomic E-state index is -0.726. The Balaban J connectivity index is 1.56. The maximum atomic E-state index is 13.9. The second kappa shape index (κ2) is 12.4. The lowest BCUT2D eigenvalue weighted by Gasteiger charge is -2.24. The van der Waals surface area contributed by atoms with Crippen molar-refractivity contribution in [2.75, 3.05) is 19.8 Å². The Labute approximate surface area is 246 Å². The Morgan fingerprint density at radius 2 is 1.71 bits per heavy atom. The number of carbonyl (C=O) groups is 2. The number of benzene rings is 2. The van der Waals surface area contributed by atoms with Crippen molar-refractivity contribution in [3.05, 3.63) is 109 Å². The molecule has 0 saturated heterocycles. The highest BCUT2D eigenvalue weighted by Gasteiger charge is 2.33. The largest absolute Gasteiger partial charge is 0.494 e. The van der Waals surface area contributed by atoms with Crippen molar-refractivity contribution >= 4 is 29.4 Å². The molecule has 3 heterocycles. The van der Waals surface area contributed by atoms with Gasteiger partial charge in [-0.3, -0.25) is 9.36 Å². The van der Waals surface area contributed by atoms with Gasteiger partial charge in [-0.25, -0.2) is 14.6 Å². The van der Waals surface area contributed by atoms with E-state index in [4.69, 9.17) is 18.6 Å². The second-order valence-corrected chi connectivity index (χ2v) is 10.3. The lowest BCUT2D eigenvalue weighted by atomic mass is 9.96. The molecule has 216 valence electrons. The number of fused-ring (bicyclic) bond motifs is 1. The van der Waals surface area contributed by atoms with Crippen LogP contribution < -0.4 is 19.6 Å². The Morgan fingerprint density at radius 1 is 0.976 bits per heavy atom. The quantitative estimate of drug-likeness (QED) is 0.263. The molecule has 0 amide bonds. The molecule has 0 bridgehead atoms. The van der Waals surface area contributed by atoms with Gasteiger partial charge in [-0.05, 0) is 69.7 Å². The van der Waals surface area contributed by atoms with Gasteiger partial charge in [0.2, 0.25) is 0 Å². The maximum Gasteiger partial charge on any atom is 0.338 e. The molecule has 42 heavy (non-hydrogen) atoms. The highest BCUT2D eigenvalue weighted by atomic mass is 32.1. The molecule has 0 radical (unpaired) electrons. The summed E-state index contributed by atoms with van der Waals surface area (Å²) in [5.74, 6) is 0.747. The molecule has 2 aromatic heterocycles. The number of rotatable bonds is 9. The van der Waals surface area contributed by atoms with Crippen molar-refractivity contribution in [3.63, 3.8) is 0 Å². The van der Waals surface area contributed by atoms with Gasteiger partial charge in [-0.2, -0.15) is 0 Å². The predicted molar refractivity (Wildman–Crippen MR) is 158 cm³/mol. The standard InChI is InChI=1S/C32H30N2O7S/c1-5-38-23-13-11-20(12-14-23)28-27(31(37)40-7-3)19(4)33-32-34(28)29(35)26(42-32)18-24-15-16-25(41-24)21-9-8-10-22(17-21)30(36)39-6-2/h8-18,28H,5-7H2,1-4H3/b26-18-/t28-/m0/s1. The zero-order valence-corrected chi connectivity index (χ0v) is 24.5. The van der Waals surface area contributed by atoms with E-state index in [1.807, 2.05) is 37.3 Å². The summed E-state index contributed by atoms with van der Waals surface area (Å²) >= 11 is 1.21. The SMILES string of the molecule is CCOC(=O)C1=C(C)N=c2s/c(=C\c3ccc(-c4cccc(C(=O)OCC)c4)o3)c(=O)n2[C@H]1c1ccc(OCC)cc1. The minimum absolute atomic E-state index is 0.194. The smallest absolute Gasteiger partial charge is 0.338 e. The number of allylic oxidation sites excluding steroid dienone is 1. The van der Waals surface area contributed by atoms with Gasteiger partial charge >= 0.3 is 11.9 Å². The molecular weight excluding hydrogens is 556 g/mol. The molecule has 5 rings (SSSR count). The first kappa shape index (κ1) is 28.8. The third-order valence-electron chi connectivity index (χ3n) is 6.58. The molecule has 0 fully saturated rings. The van der Waals surface area contributed by atoms with Crippen LogP contribution in [0, 0.1) is 0 Å². The van der Waals surface area contributed by atoms with Crippen LogP contribution in [-0.4, -0.2) is 36.3 Å². The van der Waals surface area contributed by atoms with Crippen LogP contribution in [0.2, 0.25) is 0 Å². The van der Waals surface area contributed by atoms with Gasteiger partial charge < -0.3 is 18.6 Å². The Bertz CT molecular complexity index is 1840. The normalized spacial score (nSPS) is 14.8. The van der Waals surface area contributed by atoms with Gasteiger partial charge in [0, 0.05) is 11.6 Å². The number of nitrogens with zero attached hydrogens (tertiary/aromatic N) is 2. The van der Waals surface area contributed by atoms with Crippen molar-refractivity contribution in [3.8, 4) is 17.1 Å². The average molecular weight is 587 g/mol. The van der Waals surface area contributed by atoms with Gasteiger partial charge in [0.15, 0.2) is 4.80 Å². The number of aromatic nitrogens is 1. The van der Waals surface area contributed by atoms with Crippen molar-refractivity contribution in [1.29, 1.82) is 0 Å². The molecule has 0 saturated carbocycles. The summed E-state index contributed by atoms with van der Waals surface area (Å²) in [5, 5.41) is 0. The summed E-state index contributed by atoms with van der Waals surface area (Å²) in [6.45, 7) is 8.13. The highest BCUT2D eigenvalue weighted by Crippen LogP contribution is 2.32. The van der Waals surface area contributed by atoms with Crippen molar-refractivity contribution in [1.82, 2.24) is 4.57 Å². The van der Waals surface area contributed by atoms with Gasteiger partial charge in [-0.1, -0.05) is 35.6 Å². The molecule has 1 aliphatic rings. The number of ether oxygens (including phenoxy) is 3. The minimum Gasteiger partial charge on any atom is -0.494 e. The number of thiazole rings is 1. The molecule has 1 aliphatic heterocycles. The van der Waals surface area contributed by atoms with Crippen molar-refractivity contribution < 1.29 is 28.2 Å². The van der Waals surface area contributed by atoms with Gasteiger partial charge in [0.05, 0.1) is 47.2 Å². The summed E-state index contributed by atoms with van der Waals surface area (Å²) < 4.78 is 24.0. The van der Waals surface area contributed by atoms with E-state index in [2.05, 4.69) is 4.99 Å². The van der Waals surface area contributed by atoms with Crippen LogP contribution in [-0.2, 0) is 14.3 Å². The van der Waals surface area contributed by atoms with Gasteiger partial charge in [0.25, 0.3) is 5.56 Å². The summed E-state index contributed by atoms with van der Waals surface area (Å²) in [4.78, 5) is 44.2. The number of hydrogen-bond donors (Lipinski definition) is 0. The molecule has 0 unspecified atom stereocenters. The van der Waals surface area contributed by atoms with Crippen molar-refractivity contribution in [2.24, 2.45) is 4.99 Å². The van der Waals surface area contributed by atoms with Crippen LogP contribution in [0.4, 0.5) is 0 Å². The molecule has 0 N–H and O–H groups in total.